The third-order valence-corrected chi connectivity index (χ3v) is 4.58. The van der Waals surface area contributed by atoms with Gasteiger partial charge >= 0.3 is 5.97 Å². The van der Waals surface area contributed by atoms with Crippen LogP contribution in [0.2, 0.25) is 0 Å². The van der Waals surface area contributed by atoms with Gasteiger partial charge in [0, 0.05) is 5.69 Å². The standard InChI is InChI=1S/C16H26N2O2S/c1-12-10-13(2)18-14(11-12)21-9-7-6-8-16(3,17-4)15(19)20-5/h10-11,17H,6-9H2,1-5H3. The summed E-state index contributed by atoms with van der Waals surface area (Å²) in [7, 11) is 3.23. The van der Waals surface area contributed by atoms with Gasteiger partial charge in [-0.1, -0.05) is 6.42 Å². The largest absolute Gasteiger partial charge is 0.468 e. The molecule has 1 rings (SSSR count). The van der Waals surface area contributed by atoms with E-state index < -0.39 is 5.54 Å². The first-order valence-electron chi connectivity index (χ1n) is 7.26. The van der Waals surface area contributed by atoms with Crippen LogP contribution in [0.4, 0.5) is 0 Å². The lowest BCUT2D eigenvalue weighted by Crippen LogP contribution is -2.48. The normalized spacial score (nSPS) is 13.8. The van der Waals surface area contributed by atoms with E-state index in [1.807, 2.05) is 13.8 Å². The van der Waals surface area contributed by atoms with E-state index in [4.69, 9.17) is 4.74 Å². The minimum absolute atomic E-state index is 0.200. The Hall–Kier alpha value is -1.07. The van der Waals surface area contributed by atoms with Gasteiger partial charge in [-0.25, -0.2) is 4.98 Å². The lowest BCUT2D eigenvalue weighted by Gasteiger charge is -2.25. The molecule has 0 saturated heterocycles. The molecule has 0 aliphatic carbocycles. The van der Waals surface area contributed by atoms with Crippen molar-refractivity contribution in [2.75, 3.05) is 19.9 Å². The number of likely N-dealkylation sites (N-methyl/N-ethyl adjacent to an activating group) is 1. The molecule has 0 saturated carbocycles. The summed E-state index contributed by atoms with van der Waals surface area (Å²) >= 11 is 1.77. The van der Waals surface area contributed by atoms with E-state index in [9.17, 15) is 4.79 Å². The van der Waals surface area contributed by atoms with Crippen LogP contribution in [-0.2, 0) is 9.53 Å². The molecule has 0 bridgehead atoms. The SMILES string of the molecule is CNC(C)(CCCCSc1cc(C)cc(C)n1)C(=O)OC. The maximum absolute atomic E-state index is 11.7. The Kier molecular flexibility index (Phi) is 7.18. The van der Waals surface area contributed by atoms with Crippen molar-refractivity contribution in [3.63, 3.8) is 0 Å². The smallest absolute Gasteiger partial charge is 0.325 e. The Morgan fingerprint density at radius 2 is 2.10 bits per heavy atom. The maximum Gasteiger partial charge on any atom is 0.325 e. The molecule has 1 heterocycles. The third kappa shape index (κ3) is 5.67. The van der Waals surface area contributed by atoms with Crippen molar-refractivity contribution in [1.29, 1.82) is 0 Å². The van der Waals surface area contributed by atoms with Gasteiger partial charge in [0.1, 0.15) is 5.54 Å². The number of nitrogens with zero attached hydrogens (tertiary/aromatic N) is 1. The highest BCUT2D eigenvalue weighted by Crippen LogP contribution is 2.21. The topological polar surface area (TPSA) is 51.2 Å². The van der Waals surface area contributed by atoms with Crippen molar-refractivity contribution in [2.24, 2.45) is 0 Å². The molecule has 0 spiro atoms. The van der Waals surface area contributed by atoms with Crippen molar-refractivity contribution >= 4 is 17.7 Å². The number of ether oxygens (including phenoxy) is 1. The molecule has 0 fully saturated rings. The van der Waals surface area contributed by atoms with Gasteiger partial charge in [0.05, 0.1) is 12.1 Å². The summed E-state index contributed by atoms with van der Waals surface area (Å²) in [4.78, 5) is 16.2. The third-order valence-electron chi connectivity index (χ3n) is 3.58. The number of aromatic nitrogens is 1. The van der Waals surface area contributed by atoms with Crippen LogP contribution in [0.25, 0.3) is 0 Å². The Labute approximate surface area is 132 Å². The highest BCUT2D eigenvalue weighted by atomic mass is 32.2. The maximum atomic E-state index is 11.7. The molecule has 4 nitrogen and oxygen atoms in total. The van der Waals surface area contributed by atoms with Crippen molar-refractivity contribution in [2.45, 2.75) is 50.6 Å². The minimum atomic E-state index is -0.586. The number of carbonyl (C=O) groups excluding carboxylic acids is 1. The summed E-state index contributed by atoms with van der Waals surface area (Å²) in [6.45, 7) is 6.00. The predicted molar refractivity (Wildman–Crippen MR) is 87.8 cm³/mol. The number of carbonyl (C=O) groups is 1. The van der Waals surface area contributed by atoms with Gasteiger partial charge in [0.2, 0.25) is 0 Å². The number of esters is 1. The highest BCUT2D eigenvalue weighted by Gasteiger charge is 2.31. The van der Waals surface area contributed by atoms with Crippen LogP contribution >= 0.6 is 11.8 Å². The van der Waals surface area contributed by atoms with Crippen LogP contribution in [-0.4, -0.2) is 36.4 Å². The second-order valence-electron chi connectivity index (χ2n) is 5.50. The van der Waals surface area contributed by atoms with Gasteiger partial charge in [-0.15, -0.1) is 11.8 Å². The summed E-state index contributed by atoms with van der Waals surface area (Å²) in [5, 5.41) is 4.14. The van der Waals surface area contributed by atoms with E-state index in [0.717, 1.165) is 35.7 Å². The van der Waals surface area contributed by atoms with Gasteiger partial charge in [0.25, 0.3) is 0 Å². The molecule has 1 aromatic rings. The number of hydrogen-bond acceptors (Lipinski definition) is 5. The molecule has 1 N–H and O–H groups in total. The van der Waals surface area contributed by atoms with Crippen LogP contribution in [0.5, 0.6) is 0 Å². The average Bonchev–Trinajstić information content (AvgIpc) is 2.44. The predicted octanol–water partition coefficient (Wildman–Crippen LogP) is 3.11. The van der Waals surface area contributed by atoms with E-state index in [2.05, 4.69) is 29.4 Å². The van der Waals surface area contributed by atoms with Crippen molar-refractivity contribution in [1.82, 2.24) is 10.3 Å². The minimum Gasteiger partial charge on any atom is -0.468 e. The van der Waals surface area contributed by atoms with Crippen molar-refractivity contribution in [3.05, 3.63) is 23.4 Å². The van der Waals surface area contributed by atoms with E-state index in [1.54, 1.807) is 18.8 Å². The first-order valence-corrected chi connectivity index (χ1v) is 8.25. The fourth-order valence-electron chi connectivity index (χ4n) is 2.19. The quantitative estimate of drug-likeness (QED) is 0.454. The number of hydrogen-bond donors (Lipinski definition) is 1. The number of aryl methyl sites for hydroxylation is 2. The van der Waals surface area contributed by atoms with Crippen molar-refractivity contribution in [3.8, 4) is 0 Å². The first-order chi connectivity index (χ1) is 9.91. The monoisotopic (exact) mass is 310 g/mol. The van der Waals surface area contributed by atoms with E-state index in [0.29, 0.717) is 0 Å². The zero-order valence-corrected chi connectivity index (χ0v) is 14.5. The highest BCUT2D eigenvalue weighted by molar-refractivity contribution is 7.99. The molecular formula is C16H26N2O2S. The fraction of sp³-hybridized carbons (Fsp3) is 0.625. The lowest BCUT2D eigenvalue weighted by molar-refractivity contribution is -0.148. The van der Waals surface area contributed by atoms with Gasteiger partial charge < -0.3 is 10.1 Å². The molecule has 1 atom stereocenters. The number of methoxy groups -OCH3 is 1. The van der Waals surface area contributed by atoms with Crippen LogP contribution in [0, 0.1) is 13.8 Å². The Bertz CT molecular complexity index is 459. The Balaban J connectivity index is 2.35. The van der Waals surface area contributed by atoms with Gasteiger partial charge in [-0.3, -0.25) is 4.79 Å². The molecule has 1 unspecified atom stereocenters. The fourth-order valence-corrected chi connectivity index (χ4v) is 3.23. The first kappa shape index (κ1) is 18.0. The lowest BCUT2D eigenvalue weighted by atomic mass is 9.95. The molecule has 0 aromatic carbocycles. The van der Waals surface area contributed by atoms with E-state index in [-0.39, 0.29) is 5.97 Å². The Morgan fingerprint density at radius 1 is 1.38 bits per heavy atom. The second kappa shape index (κ2) is 8.39. The zero-order valence-electron chi connectivity index (χ0n) is 13.7. The summed E-state index contributed by atoms with van der Waals surface area (Å²) in [5.41, 5.74) is 1.72. The van der Waals surface area contributed by atoms with Gasteiger partial charge in [-0.05, 0) is 64.1 Å². The van der Waals surface area contributed by atoms with Crippen LogP contribution in [0.15, 0.2) is 17.2 Å². The van der Waals surface area contributed by atoms with Gasteiger partial charge in [-0.2, -0.15) is 0 Å². The molecule has 118 valence electrons. The number of unbranched alkanes of at least 4 members (excludes halogenated alkanes) is 1. The molecule has 21 heavy (non-hydrogen) atoms. The van der Waals surface area contributed by atoms with Crippen LogP contribution < -0.4 is 5.32 Å². The summed E-state index contributed by atoms with van der Waals surface area (Å²) < 4.78 is 4.84. The molecule has 5 heteroatoms. The summed E-state index contributed by atoms with van der Waals surface area (Å²) in [5.74, 6) is 0.810. The van der Waals surface area contributed by atoms with E-state index in [1.165, 1.54) is 12.7 Å². The summed E-state index contributed by atoms with van der Waals surface area (Å²) in [6, 6.07) is 4.20. The summed E-state index contributed by atoms with van der Waals surface area (Å²) in [6.07, 6.45) is 2.80. The number of pyridine rings is 1. The van der Waals surface area contributed by atoms with Crippen LogP contribution in [0.1, 0.15) is 37.4 Å². The second-order valence-corrected chi connectivity index (χ2v) is 6.62. The zero-order chi connectivity index (χ0) is 15.9. The molecule has 0 aliphatic heterocycles. The van der Waals surface area contributed by atoms with Gasteiger partial charge in [0.15, 0.2) is 0 Å². The average molecular weight is 310 g/mol. The molecule has 0 amide bonds. The van der Waals surface area contributed by atoms with Crippen molar-refractivity contribution < 1.29 is 9.53 Å². The number of thioether (sulfide) groups is 1. The molecule has 0 radical (unpaired) electrons. The number of rotatable bonds is 8. The molecular weight excluding hydrogens is 284 g/mol. The Morgan fingerprint density at radius 3 is 2.67 bits per heavy atom. The van der Waals surface area contributed by atoms with Crippen LogP contribution in [0.3, 0.4) is 0 Å². The molecule has 1 aromatic heterocycles. The molecule has 0 aliphatic rings. The van der Waals surface area contributed by atoms with E-state index >= 15 is 0 Å². The number of nitrogens with one attached hydrogen (secondary N) is 1.